The monoisotopic (exact) mass is 326 g/mol. The molecule has 0 spiro atoms. The number of nitrogens with zero attached hydrogens (tertiary/aromatic N) is 2. The predicted molar refractivity (Wildman–Crippen MR) is 65.5 cm³/mol. The average Bonchev–Trinajstić information content (AvgIpc) is 2.43. The van der Waals surface area contributed by atoms with Crippen molar-refractivity contribution in [3.05, 3.63) is 17.5 Å². The number of carbonyl (C=O) groups excluding carboxylic acids is 2. The van der Waals surface area contributed by atoms with Crippen LogP contribution in [0, 0.1) is 0 Å². The molecule has 21 heavy (non-hydrogen) atoms. The fourth-order valence-corrected chi connectivity index (χ4v) is 1.24. The van der Waals surface area contributed by atoms with E-state index in [1.807, 2.05) is 10.9 Å². The second-order valence-electron chi connectivity index (χ2n) is 3.48. The van der Waals surface area contributed by atoms with Gasteiger partial charge in [0.25, 0.3) is 5.91 Å². The molecule has 0 bridgehead atoms. The van der Waals surface area contributed by atoms with Gasteiger partial charge in [-0.3, -0.25) is 15.6 Å². The van der Waals surface area contributed by atoms with Gasteiger partial charge in [-0.1, -0.05) is 0 Å². The van der Waals surface area contributed by atoms with Crippen molar-refractivity contribution in [1.82, 2.24) is 15.4 Å². The molecule has 0 atom stereocenters. The van der Waals surface area contributed by atoms with Crippen LogP contribution in [-0.2, 0) is 15.7 Å². The van der Waals surface area contributed by atoms with Crippen LogP contribution in [-0.4, -0.2) is 34.3 Å². The zero-order valence-electron chi connectivity index (χ0n) is 10.6. The topological polar surface area (TPSA) is 93.2 Å². The summed E-state index contributed by atoms with van der Waals surface area (Å²) < 4.78 is 43.1. The van der Waals surface area contributed by atoms with E-state index >= 15 is 0 Å². The summed E-state index contributed by atoms with van der Waals surface area (Å²) in [5.41, 5.74) is 1.73. The third-order valence-electron chi connectivity index (χ3n) is 1.99. The van der Waals surface area contributed by atoms with Crippen molar-refractivity contribution < 1.29 is 27.5 Å². The number of hydrogen-bond acceptors (Lipinski definition) is 6. The van der Waals surface area contributed by atoms with Gasteiger partial charge in [-0.05, 0) is 6.92 Å². The van der Waals surface area contributed by atoms with E-state index in [0.29, 0.717) is 6.20 Å². The first-order valence-corrected chi connectivity index (χ1v) is 6.05. The normalized spacial score (nSPS) is 10.9. The highest BCUT2D eigenvalue weighted by Gasteiger charge is 2.38. The smallest absolute Gasteiger partial charge is 0.434 e. The molecule has 0 saturated heterocycles. The summed E-state index contributed by atoms with van der Waals surface area (Å²) in [5.74, 6) is -2.83. The zero-order chi connectivity index (χ0) is 16.0. The third-order valence-corrected chi connectivity index (χ3v) is 2.23. The van der Waals surface area contributed by atoms with E-state index in [9.17, 15) is 22.8 Å². The minimum absolute atomic E-state index is 0.0953. The van der Waals surface area contributed by atoms with Crippen LogP contribution < -0.4 is 10.9 Å². The maximum absolute atomic E-state index is 12.9. The van der Waals surface area contributed by atoms with Crippen molar-refractivity contribution in [3.63, 3.8) is 0 Å². The van der Waals surface area contributed by atoms with Crippen molar-refractivity contribution >= 4 is 29.4 Å². The van der Waals surface area contributed by atoms with Gasteiger partial charge in [0.15, 0.2) is 5.69 Å². The van der Waals surface area contributed by atoms with Crippen molar-refractivity contribution in [2.75, 3.05) is 17.9 Å². The zero-order valence-corrected chi connectivity index (χ0v) is 11.4. The number of nitrogens with one attached hydrogen (secondary N) is 2. The van der Waals surface area contributed by atoms with Gasteiger partial charge in [0.05, 0.1) is 6.61 Å². The Kier molecular flexibility index (Phi) is 5.70. The molecular formula is C10H10ClF3N4O3. The second-order valence-corrected chi connectivity index (χ2v) is 3.75. The molecule has 0 unspecified atom stereocenters. The van der Waals surface area contributed by atoms with Gasteiger partial charge in [-0.25, -0.2) is 14.8 Å². The number of ether oxygens (including phenoxy) is 1. The first-order chi connectivity index (χ1) is 9.79. The fourth-order valence-electron chi connectivity index (χ4n) is 1.18. The molecule has 0 aromatic carbocycles. The second kappa shape index (κ2) is 7.07. The van der Waals surface area contributed by atoms with Crippen LogP contribution >= 0.6 is 11.6 Å². The standard InChI is InChI=1S/C10H10ClF3N4O3/c1-2-21-8(20)5-4-15-9(18-17-6(19)3-11)16-7(5)10(12,13)14/h4H,2-3H2,1H3,(H,17,19)(H,15,16,18). The summed E-state index contributed by atoms with van der Waals surface area (Å²) >= 11 is 5.19. The van der Waals surface area contributed by atoms with E-state index in [4.69, 9.17) is 11.6 Å². The van der Waals surface area contributed by atoms with Crippen LogP contribution in [0.2, 0.25) is 0 Å². The number of anilines is 1. The quantitative estimate of drug-likeness (QED) is 0.482. The fraction of sp³-hybridized carbons (Fsp3) is 0.400. The summed E-state index contributed by atoms with van der Waals surface area (Å²) in [6, 6.07) is 0. The largest absolute Gasteiger partial charge is 0.462 e. The van der Waals surface area contributed by atoms with Crippen molar-refractivity contribution in [2.24, 2.45) is 0 Å². The number of alkyl halides is 4. The molecule has 0 aliphatic rings. The number of halogens is 4. The van der Waals surface area contributed by atoms with E-state index < -0.39 is 41.1 Å². The summed E-state index contributed by atoms with van der Waals surface area (Å²) in [6.07, 6.45) is -4.24. The molecule has 1 rings (SSSR count). The molecule has 11 heteroatoms. The maximum Gasteiger partial charge on any atom is 0.434 e. The van der Waals surface area contributed by atoms with Crippen LogP contribution in [0.25, 0.3) is 0 Å². The summed E-state index contributed by atoms with van der Waals surface area (Å²) in [7, 11) is 0. The number of esters is 1. The Hall–Kier alpha value is -2.10. The number of amides is 1. The Morgan fingerprint density at radius 2 is 2.10 bits per heavy atom. The molecule has 0 saturated carbocycles. The first-order valence-electron chi connectivity index (χ1n) is 5.51. The van der Waals surface area contributed by atoms with Gasteiger partial charge in [-0.2, -0.15) is 13.2 Å². The molecule has 1 amide bonds. The van der Waals surface area contributed by atoms with Gasteiger partial charge in [0.1, 0.15) is 11.4 Å². The highest BCUT2D eigenvalue weighted by Crippen LogP contribution is 2.31. The van der Waals surface area contributed by atoms with Gasteiger partial charge >= 0.3 is 12.1 Å². The Morgan fingerprint density at radius 1 is 1.43 bits per heavy atom. The van der Waals surface area contributed by atoms with Crippen LogP contribution in [0.3, 0.4) is 0 Å². The number of carbonyl (C=O) groups is 2. The summed E-state index contributed by atoms with van der Waals surface area (Å²) in [6.45, 7) is 1.35. The SMILES string of the molecule is CCOC(=O)c1cnc(NNC(=O)CCl)nc1C(F)(F)F. The molecular weight excluding hydrogens is 317 g/mol. The first kappa shape index (κ1) is 17.0. The van der Waals surface area contributed by atoms with Crippen molar-refractivity contribution in [1.29, 1.82) is 0 Å². The Morgan fingerprint density at radius 3 is 2.62 bits per heavy atom. The van der Waals surface area contributed by atoms with Gasteiger partial charge < -0.3 is 4.74 Å². The summed E-state index contributed by atoms with van der Waals surface area (Å²) in [4.78, 5) is 28.9. The van der Waals surface area contributed by atoms with Gasteiger partial charge in [0.2, 0.25) is 5.95 Å². The molecule has 0 aliphatic carbocycles. The predicted octanol–water partition coefficient (Wildman–Crippen LogP) is 1.35. The van der Waals surface area contributed by atoms with Gasteiger partial charge in [-0.15, -0.1) is 11.6 Å². The highest BCUT2D eigenvalue weighted by atomic mass is 35.5. The lowest BCUT2D eigenvalue weighted by Gasteiger charge is -2.12. The minimum atomic E-state index is -4.89. The molecule has 1 aromatic heterocycles. The molecule has 1 heterocycles. The molecule has 116 valence electrons. The highest BCUT2D eigenvalue weighted by molar-refractivity contribution is 6.27. The van der Waals surface area contributed by atoms with Gasteiger partial charge in [0, 0.05) is 6.20 Å². The van der Waals surface area contributed by atoms with Crippen molar-refractivity contribution in [3.8, 4) is 0 Å². The number of hydrazine groups is 1. The Balaban J connectivity index is 3.07. The van der Waals surface area contributed by atoms with Crippen molar-refractivity contribution in [2.45, 2.75) is 13.1 Å². The molecule has 7 nitrogen and oxygen atoms in total. The Bertz CT molecular complexity index is 539. The lowest BCUT2D eigenvalue weighted by atomic mass is 10.2. The molecule has 0 fully saturated rings. The minimum Gasteiger partial charge on any atom is -0.462 e. The Labute approximate surface area is 121 Å². The van der Waals surface area contributed by atoms with Crippen LogP contribution in [0.15, 0.2) is 6.20 Å². The van der Waals surface area contributed by atoms with E-state index in [-0.39, 0.29) is 6.61 Å². The summed E-state index contributed by atoms with van der Waals surface area (Å²) in [5, 5.41) is 0. The lowest BCUT2D eigenvalue weighted by molar-refractivity contribution is -0.141. The van der Waals surface area contributed by atoms with E-state index in [2.05, 4.69) is 14.7 Å². The number of aromatic nitrogens is 2. The molecule has 2 N–H and O–H groups in total. The maximum atomic E-state index is 12.9. The van der Waals surface area contributed by atoms with Crippen LogP contribution in [0.1, 0.15) is 23.0 Å². The van der Waals surface area contributed by atoms with Crippen LogP contribution in [0.5, 0.6) is 0 Å². The average molecular weight is 327 g/mol. The third kappa shape index (κ3) is 4.74. The van der Waals surface area contributed by atoms with E-state index in [0.717, 1.165) is 0 Å². The van der Waals surface area contributed by atoms with E-state index in [1.165, 1.54) is 6.92 Å². The molecule has 0 aliphatic heterocycles. The number of rotatable bonds is 5. The van der Waals surface area contributed by atoms with Crippen LogP contribution in [0.4, 0.5) is 19.1 Å². The molecule has 1 aromatic rings. The number of hydrogen-bond donors (Lipinski definition) is 2. The van der Waals surface area contributed by atoms with E-state index in [1.54, 1.807) is 0 Å². The lowest BCUT2D eigenvalue weighted by Crippen LogP contribution is -2.32. The molecule has 0 radical (unpaired) electrons.